The monoisotopic (exact) mass is 376 g/mol. The summed E-state index contributed by atoms with van der Waals surface area (Å²) in [4.78, 5) is 11.1. The summed E-state index contributed by atoms with van der Waals surface area (Å²) in [6.07, 6.45) is 0. The zero-order chi connectivity index (χ0) is 28.0. The number of nitrogens with zero attached hydrogens (tertiary/aromatic N) is 1. The third-order valence-corrected chi connectivity index (χ3v) is 3.96. The molecule has 0 aliphatic heterocycles. The van der Waals surface area contributed by atoms with Gasteiger partial charge in [-0.2, -0.15) is 0 Å². The first-order valence-corrected chi connectivity index (χ1v) is 8.16. The SMILES string of the molecule is [2H]c1c([2H])c([2H])c(-c2cccc(-c3c([2H])c([2H])c([2H])c([2H])c3[2H])c2Nc2ccccc2[N+](=O)[O-])c([2H])c1[2H]. The van der Waals surface area contributed by atoms with E-state index in [1.54, 1.807) is 0 Å². The van der Waals surface area contributed by atoms with E-state index >= 15 is 0 Å². The molecule has 4 rings (SSSR count). The van der Waals surface area contributed by atoms with E-state index in [1.807, 2.05) is 0 Å². The van der Waals surface area contributed by atoms with Crippen LogP contribution in [0.2, 0.25) is 0 Å². The van der Waals surface area contributed by atoms with Crippen LogP contribution >= 0.6 is 0 Å². The highest BCUT2D eigenvalue weighted by molar-refractivity contribution is 5.93. The third-order valence-electron chi connectivity index (χ3n) is 3.96. The lowest BCUT2D eigenvalue weighted by atomic mass is 9.95. The smallest absolute Gasteiger partial charge is 0.292 e. The number of nitrogens with one attached hydrogen (secondary N) is 1. The maximum absolute atomic E-state index is 11.7. The maximum atomic E-state index is 11.7. The molecule has 0 unspecified atom stereocenters. The summed E-state index contributed by atoms with van der Waals surface area (Å²) >= 11 is 0. The van der Waals surface area contributed by atoms with Gasteiger partial charge in [0.2, 0.25) is 0 Å². The minimum absolute atomic E-state index is 0.0180. The Morgan fingerprint density at radius 3 is 1.82 bits per heavy atom. The van der Waals surface area contributed by atoms with Gasteiger partial charge in [0.1, 0.15) is 5.69 Å². The van der Waals surface area contributed by atoms with E-state index in [-0.39, 0.29) is 39.3 Å². The number of hydrogen-bond acceptors (Lipinski definition) is 3. The molecule has 1 N–H and O–H groups in total. The van der Waals surface area contributed by atoms with Crippen molar-refractivity contribution in [3.05, 3.63) is 113 Å². The van der Waals surface area contributed by atoms with Crippen LogP contribution in [-0.4, -0.2) is 4.92 Å². The van der Waals surface area contributed by atoms with E-state index in [2.05, 4.69) is 5.32 Å². The Bertz CT molecular complexity index is 1500. The zero-order valence-corrected chi connectivity index (χ0v) is 14.3. The molecular formula is C24H18N2O2. The van der Waals surface area contributed by atoms with Crippen molar-refractivity contribution in [3.63, 3.8) is 0 Å². The molecule has 0 spiro atoms. The standard InChI is InChI=1S/C24H18N2O2/c27-26(28)23-17-8-7-16-22(23)25-24-20(18-10-3-1-4-11-18)14-9-15-21(24)19-12-5-2-6-13-19/h1-17,25H/i1D,2D,3D,4D,5D,6D,10D,11D,12D,13D. The molecule has 0 aromatic heterocycles. The van der Waals surface area contributed by atoms with Crippen LogP contribution < -0.4 is 5.32 Å². The Balaban J connectivity index is 2.16. The molecule has 0 saturated carbocycles. The number of hydrogen-bond donors (Lipinski definition) is 1. The number of nitro benzene ring substituents is 1. The van der Waals surface area contributed by atoms with Crippen LogP contribution in [0.25, 0.3) is 22.3 Å². The summed E-state index contributed by atoms with van der Waals surface area (Å²) in [6, 6.07) is 4.06. The van der Waals surface area contributed by atoms with Crippen LogP contribution in [0.1, 0.15) is 13.7 Å². The lowest BCUT2D eigenvalue weighted by Gasteiger charge is -2.17. The molecule has 4 aromatic rings. The molecule has 0 aliphatic rings. The lowest BCUT2D eigenvalue weighted by molar-refractivity contribution is -0.383. The van der Waals surface area contributed by atoms with Gasteiger partial charge < -0.3 is 5.32 Å². The summed E-state index contributed by atoms with van der Waals surface area (Å²) in [7, 11) is 0. The first-order valence-electron chi connectivity index (χ1n) is 13.2. The second-order valence-electron chi connectivity index (χ2n) is 5.63. The van der Waals surface area contributed by atoms with Gasteiger partial charge in [0.15, 0.2) is 0 Å². The largest absolute Gasteiger partial charge is 0.349 e. The van der Waals surface area contributed by atoms with Crippen LogP contribution in [0, 0.1) is 10.1 Å². The summed E-state index contributed by atoms with van der Waals surface area (Å²) in [5.74, 6) is 0. The first kappa shape index (κ1) is 9.33. The van der Waals surface area contributed by atoms with Gasteiger partial charge in [-0.15, -0.1) is 0 Å². The first-order chi connectivity index (χ1) is 17.9. The van der Waals surface area contributed by atoms with Crippen molar-refractivity contribution in [1.82, 2.24) is 0 Å². The van der Waals surface area contributed by atoms with Gasteiger partial charge in [0.25, 0.3) is 5.69 Å². The molecule has 0 bridgehead atoms. The Kier molecular flexibility index (Phi) is 2.59. The molecule has 0 aliphatic carbocycles. The molecule has 28 heavy (non-hydrogen) atoms. The summed E-state index contributed by atoms with van der Waals surface area (Å²) < 4.78 is 82.0. The molecule has 0 fully saturated rings. The predicted octanol–water partition coefficient (Wildman–Crippen LogP) is 6.67. The molecule has 0 radical (unpaired) electrons. The maximum Gasteiger partial charge on any atom is 0.292 e. The van der Waals surface area contributed by atoms with Crippen molar-refractivity contribution >= 4 is 17.1 Å². The van der Waals surface area contributed by atoms with E-state index in [1.165, 1.54) is 42.5 Å². The summed E-state index contributed by atoms with van der Waals surface area (Å²) in [5, 5.41) is 14.6. The van der Waals surface area contributed by atoms with Gasteiger partial charge in [-0.05, 0) is 17.2 Å². The van der Waals surface area contributed by atoms with Gasteiger partial charge in [-0.1, -0.05) is 90.8 Å². The predicted molar refractivity (Wildman–Crippen MR) is 114 cm³/mol. The molecule has 0 atom stereocenters. The summed E-state index contributed by atoms with van der Waals surface area (Å²) in [6.45, 7) is 0. The normalized spacial score (nSPS) is 15.4. The Hall–Kier alpha value is -3.92. The summed E-state index contributed by atoms with van der Waals surface area (Å²) in [5.41, 5.74) is -0.827. The van der Waals surface area contributed by atoms with E-state index < -0.39 is 65.3 Å². The zero-order valence-electron chi connectivity index (χ0n) is 24.3. The minimum atomic E-state index is -0.639. The van der Waals surface area contributed by atoms with Crippen molar-refractivity contribution in [1.29, 1.82) is 0 Å². The fraction of sp³-hybridized carbons (Fsp3) is 0. The fourth-order valence-electron chi connectivity index (χ4n) is 2.75. The highest BCUT2D eigenvalue weighted by Crippen LogP contribution is 2.40. The second kappa shape index (κ2) is 7.76. The molecule has 136 valence electrons. The molecule has 4 heteroatoms. The van der Waals surface area contributed by atoms with Crippen LogP contribution in [0.4, 0.5) is 17.1 Å². The topological polar surface area (TPSA) is 55.2 Å². The molecule has 4 aromatic carbocycles. The van der Waals surface area contributed by atoms with E-state index in [0.717, 1.165) is 0 Å². The van der Waals surface area contributed by atoms with Gasteiger partial charge in [-0.3, -0.25) is 10.1 Å². The number of nitro groups is 1. The van der Waals surface area contributed by atoms with E-state index in [4.69, 9.17) is 13.7 Å². The molecule has 4 nitrogen and oxygen atoms in total. The second-order valence-corrected chi connectivity index (χ2v) is 5.63. The highest BCUT2D eigenvalue weighted by Gasteiger charge is 2.17. The molecule has 0 amide bonds. The highest BCUT2D eigenvalue weighted by atomic mass is 16.6. The molecular weight excluding hydrogens is 348 g/mol. The number of benzene rings is 4. The number of rotatable bonds is 5. The van der Waals surface area contributed by atoms with Gasteiger partial charge in [-0.25, -0.2) is 0 Å². The van der Waals surface area contributed by atoms with E-state index in [0.29, 0.717) is 0 Å². The Labute approximate surface area is 177 Å². The van der Waals surface area contributed by atoms with Crippen molar-refractivity contribution in [3.8, 4) is 22.3 Å². The van der Waals surface area contributed by atoms with Crippen LogP contribution in [0.15, 0.2) is 103 Å². The van der Waals surface area contributed by atoms with Crippen LogP contribution in [0.5, 0.6) is 0 Å². The van der Waals surface area contributed by atoms with Gasteiger partial charge >= 0.3 is 0 Å². The molecule has 0 saturated heterocycles. The molecule has 0 heterocycles. The fourth-order valence-corrected chi connectivity index (χ4v) is 2.75. The van der Waals surface area contributed by atoms with Crippen molar-refractivity contribution in [2.24, 2.45) is 0 Å². The Morgan fingerprint density at radius 2 is 1.29 bits per heavy atom. The van der Waals surface area contributed by atoms with Crippen molar-refractivity contribution < 1.29 is 18.6 Å². The average molecular weight is 376 g/mol. The van der Waals surface area contributed by atoms with Crippen molar-refractivity contribution in [2.75, 3.05) is 5.32 Å². The minimum Gasteiger partial charge on any atom is -0.349 e. The van der Waals surface area contributed by atoms with Crippen molar-refractivity contribution in [2.45, 2.75) is 0 Å². The van der Waals surface area contributed by atoms with E-state index in [9.17, 15) is 10.1 Å². The van der Waals surface area contributed by atoms with Gasteiger partial charge in [0, 0.05) is 17.2 Å². The lowest BCUT2D eigenvalue weighted by Crippen LogP contribution is -2.00. The quantitative estimate of drug-likeness (QED) is 0.312. The number of anilines is 2. The van der Waals surface area contributed by atoms with Crippen LogP contribution in [-0.2, 0) is 0 Å². The van der Waals surface area contributed by atoms with Crippen LogP contribution in [0.3, 0.4) is 0 Å². The Morgan fingerprint density at radius 1 is 0.750 bits per heavy atom. The van der Waals surface area contributed by atoms with Gasteiger partial charge in [0.05, 0.1) is 24.3 Å². The average Bonchev–Trinajstić information content (AvgIpc) is 2.90. The number of para-hydroxylation sites is 3. The third kappa shape index (κ3) is 3.48.